The molecule has 0 amide bonds. The lowest BCUT2D eigenvalue weighted by atomic mass is 9.76. The molecule has 0 aromatic heterocycles. The lowest BCUT2D eigenvalue weighted by Gasteiger charge is -2.43. The van der Waals surface area contributed by atoms with Gasteiger partial charge in [-0.1, -0.05) is 23.7 Å². The minimum absolute atomic E-state index is 0.611. The molecule has 9 nitrogen and oxygen atoms in total. The Morgan fingerprint density at radius 2 is 1.67 bits per heavy atom. The van der Waals surface area contributed by atoms with Crippen LogP contribution in [0.5, 0.6) is 0 Å². The molecule has 33 heavy (non-hydrogen) atoms. The number of benzene rings is 1. The quantitative estimate of drug-likeness (QED) is 0.414. The van der Waals surface area contributed by atoms with Crippen molar-refractivity contribution in [3.05, 3.63) is 34.9 Å². The van der Waals surface area contributed by atoms with Gasteiger partial charge in [-0.15, -0.1) is 0 Å². The van der Waals surface area contributed by atoms with Gasteiger partial charge in [0.05, 0.1) is 19.4 Å². The molecule has 0 saturated carbocycles. The number of hydrogen-bond acceptors (Lipinski definition) is 6. The lowest BCUT2D eigenvalue weighted by molar-refractivity contribution is -0.170. The number of hydrogen-bond donors (Lipinski definition) is 4. The normalized spacial score (nSPS) is 24.6. The highest BCUT2D eigenvalue weighted by atomic mass is 35.5. The number of aliphatic carboxylic acids is 3. The zero-order valence-corrected chi connectivity index (χ0v) is 19.6. The second-order valence-electron chi connectivity index (χ2n) is 8.66. The van der Waals surface area contributed by atoms with Gasteiger partial charge in [0.1, 0.15) is 0 Å². The standard InChI is InChI=1S/C17H24ClNO.C6H8O7/c1-3-20-11-16-15(12-4-6-13(18)7-5-12)10-14-8-9-17(16)19(14)2;7-3(8)1-6(13,5(11)12)2-4(9)10/h4-7,14-17H,3,8-11H2,1-2H3;13H,1-2H2,(H,7,8)(H,9,10)(H,11,12)/t14-,15+,16+,17+;/m0./s1. The van der Waals surface area contributed by atoms with Crippen LogP contribution in [0.25, 0.3) is 0 Å². The molecule has 1 aromatic rings. The number of carboxylic acid groups (broad SMARTS) is 3. The van der Waals surface area contributed by atoms with E-state index in [1.807, 2.05) is 12.1 Å². The molecule has 0 unspecified atom stereocenters. The van der Waals surface area contributed by atoms with E-state index in [2.05, 4.69) is 31.0 Å². The van der Waals surface area contributed by atoms with Crippen LogP contribution in [0.4, 0.5) is 0 Å². The Hall–Kier alpha value is -2.20. The first-order chi connectivity index (χ1) is 15.5. The van der Waals surface area contributed by atoms with Crippen molar-refractivity contribution in [1.29, 1.82) is 0 Å². The molecule has 2 heterocycles. The predicted octanol–water partition coefficient (Wildman–Crippen LogP) is 2.69. The van der Waals surface area contributed by atoms with E-state index in [0.29, 0.717) is 17.9 Å². The smallest absolute Gasteiger partial charge is 0.336 e. The van der Waals surface area contributed by atoms with Crippen molar-refractivity contribution < 1.29 is 39.5 Å². The number of fused-ring (bicyclic) bond motifs is 2. The van der Waals surface area contributed by atoms with Gasteiger partial charge in [0.2, 0.25) is 0 Å². The zero-order chi connectivity index (χ0) is 24.8. The Labute approximate surface area is 197 Å². The maximum atomic E-state index is 10.3. The third kappa shape index (κ3) is 7.14. The van der Waals surface area contributed by atoms with Crippen LogP contribution in [-0.2, 0) is 19.1 Å². The summed E-state index contributed by atoms with van der Waals surface area (Å²) in [5.74, 6) is -3.79. The summed E-state index contributed by atoms with van der Waals surface area (Å²) in [6.45, 7) is 3.77. The molecule has 2 bridgehead atoms. The molecular formula is C23H32ClNO8. The number of ether oxygens (including phenoxy) is 1. The van der Waals surface area contributed by atoms with E-state index in [9.17, 15) is 14.4 Å². The Morgan fingerprint density at radius 1 is 1.09 bits per heavy atom. The van der Waals surface area contributed by atoms with Gasteiger partial charge in [-0.3, -0.25) is 9.59 Å². The highest BCUT2D eigenvalue weighted by Gasteiger charge is 2.45. The summed E-state index contributed by atoms with van der Waals surface area (Å²) in [5, 5.41) is 34.6. The van der Waals surface area contributed by atoms with E-state index in [1.54, 1.807) is 0 Å². The number of carboxylic acids is 3. The molecule has 10 heteroatoms. The van der Waals surface area contributed by atoms with Crippen LogP contribution in [-0.4, -0.2) is 81.2 Å². The lowest BCUT2D eigenvalue weighted by Crippen LogP contribution is -2.47. The third-order valence-corrected chi connectivity index (χ3v) is 6.78. The van der Waals surface area contributed by atoms with Crippen molar-refractivity contribution in [1.82, 2.24) is 4.90 Å². The summed E-state index contributed by atoms with van der Waals surface area (Å²) < 4.78 is 5.79. The molecular weight excluding hydrogens is 454 g/mol. The minimum Gasteiger partial charge on any atom is -0.481 e. The maximum Gasteiger partial charge on any atom is 0.336 e. The number of rotatable bonds is 9. The summed E-state index contributed by atoms with van der Waals surface area (Å²) in [6, 6.07) is 9.89. The zero-order valence-electron chi connectivity index (χ0n) is 18.8. The van der Waals surface area contributed by atoms with Crippen LogP contribution in [0.1, 0.15) is 50.5 Å². The monoisotopic (exact) mass is 485 g/mol. The summed E-state index contributed by atoms with van der Waals surface area (Å²) in [6.07, 6.45) is 1.63. The molecule has 4 N–H and O–H groups in total. The largest absolute Gasteiger partial charge is 0.481 e. The number of nitrogens with zero attached hydrogens (tertiary/aromatic N) is 1. The average Bonchev–Trinajstić information content (AvgIpc) is 2.96. The van der Waals surface area contributed by atoms with Crippen molar-refractivity contribution in [3.8, 4) is 0 Å². The van der Waals surface area contributed by atoms with Crippen molar-refractivity contribution >= 4 is 29.5 Å². The molecule has 0 spiro atoms. The van der Waals surface area contributed by atoms with Gasteiger partial charge in [-0.2, -0.15) is 0 Å². The Kier molecular flexibility index (Phi) is 9.66. The van der Waals surface area contributed by atoms with Crippen LogP contribution in [0.3, 0.4) is 0 Å². The second-order valence-corrected chi connectivity index (χ2v) is 9.10. The van der Waals surface area contributed by atoms with E-state index in [1.165, 1.54) is 24.8 Å². The van der Waals surface area contributed by atoms with Crippen molar-refractivity contribution in [2.24, 2.45) is 5.92 Å². The average molecular weight is 486 g/mol. The maximum absolute atomic E-state index is 10.3. The molecule has 2 aliphatic heterocycles. The molecule has 2 saturated heterocycles. The predicted molar refractivity (Wildman–Crippen MR) is 120 cm³/mol. The van der Waals surface area contributed by atoms with Gasteiger partial charge < -0.3 is 30.1 Å². The van der Waals surface area contributed by atoms with Crippen LogP contribution in [0.2, 0.25) is 5.02 Å². The summed E-state index contributed by atoms with van der Waals surface area (Å²) in [7, 11) is 2.29. The fourth-order valence-corrected chi connectivity index (χ4v) is 4.99. The van der Waals surface area contributed by atoms with Gasteiger partial charge in [0.25, 0.3) is 0 Å². The fraction of sp³-hybridized carbons (Fsp3) is 0.609. The molecule has 0 aliphatic carbocycles. The molecule has 1 aromatic carbocycles. The van der Waals surface area contributed by atoms with Crippen LogP contribution >= 0.6 is 11.6 Å². The van der Waals surface area contributed by atoms with E-state index in [-0.39, 0.29) is 0 Å². The first-order valence-corrected chi connectivity index (χ1v) is 11.3. The van der Waals surface area contributed by atoms with Gasteiger partial charge >= 0.3 is 17.9 Å². The van der Waals surface area contributed by atoms with Gasteiger partial charge in [0, 0.05) is 29.6 Å². The SMILES string of the molecule is CCOC[C@@H]1[C@@H](c2ccc(Cl)cc2)C[C@@H]2CC[C@H]1N2C.O=C(O)CC(O)(CC(=O)O)C(=O)O. The summed E-state index contributed by atoms with van der Waals surface area (Å²) in [5.41, 5.74) is -1.30. The number of halogens is 1. The van der Waals surface area contributed by atoms with Gasteiger partial charge in [-0.25, -0.2) is 4.79 Å². The molecule has 0 radical (unpaired) electrons. The highest BCUT2D eigenvalue weighted by Crippen LogP contribution is 2.46. The number of carbonyl (C=O) groups is 3. The van der Waals surface area contributed by atoms with E-state index in [4.69, 9.17) is 36.8 Å². The molecule has 184 valence electrons. The fourth-order valence-electron chi connectivity index (χ4n) is 4.87. The van der Waals surface area contributed by atoms with Crippen molar-refractivity contribution in [2.75, 3.05) is 20.3 Å². The van der Waals surface area contributed by atoms with Crippen LogP contribution < -0.4 is 0 Å². The minimum atomic E-state index is -2.74. The number of aliphatic hydroxyl groups is 1. The Bertz CT molecular complexity index is 814. The van der Waals surface area contributed by atoms with Gasteiger partial charge in [0.15, 0.2) is 5.60 Å². The van der Waals surface area contributed by atoms with E-state index >= 15 is 0 Å². The summed E-state index contributed by atoms with van der Waals surface area (Å²) in [4.78, 5) is 33.1. The van der Waals surface area contributed by atoms with Crippen molar-refractivity contribution in [3.63, 3.8) is 0 Å². The first kappa shape index (κ1) is 27.0. The van der Waals surface area contributed by atoms with Gasteiger partial charge in [-0.05, 0) is 56.8 Å². The summed E-state index contributed by atoms with van der Waals surface area (Å²) >= 11 is 6.03. The molecule has 4 atom stereocenters. The van der Waals surface area contributed by atoms with Crippen molar-refractivity contribution in [2.45, 2.75) is 62.6 Å². The third-order valence-electron chi connectivity index (χ3n) is 6.53. The number of piperidine rings is 1. The molecule has 3 rings (SSSR count). The topological polar surface area (TPSA) is 145 Å². The molecule has 2 fully saturated rings. The van der Waals surface area contributed by atoms with E-state index in [0.717, 1.165) is 24.3 Å². The Balaban J connectivity index is 0.000000260. The van der Waals surface area contributed by atoms with E-state index < -0.39 is 36.4 Å². The Morgan fingerprint density at radius 3 is 2.15 bits per heavy atom. The van der Waals surface area contributed by atoms with Crippen LogP contribution in [0.15, 0.2) is 24.3 Å². The molecule has 2 aliphatic rings. The second kappa shape index (κ2) is 11.8. The highest BCUT2D eigenvalue weighted by molar-refractivity contribution is 6.30. The first-order valence-electron chi connectivity index (χ1n) is 10.9. The van der Waals surface area contributed by atoms with Crippen LogP contribution in [0, 0.1) is 5.92 Å².